The van der Waals surface area contributed by atoms with E-state index >= 15 is 0 Å². The topological polar surface area (TPSA) is 70.8 Å². The van der Waals surface area contributed by atoms with Crippen LogP contribution in [0.5, 0.6) is 0 Å². The summed E-state index contributed by atoms with van der Waals surface area (Å²) < 4.78 is 7.75. The molecule has 0 radical (unpaired) electrons. The molecule has 9 heteroatoms. The average molecular weight is 404 g/mol. The number of morpholine rings is 1. The lowest BCUT2D eigenvalue weighted by atomic mass is 10.1. The summed E-state index contributed by atoms with van der Waals surface area (Å²) in [4.78, 5) is 13.9. The third-order valence-corrected chi connectivity index (χ3v) is 6.21. The smallest absolute Gasteiger partial charge is 0.193 e. The monoisotopic (exact) mass is 403 g/mol. The van der Waals surface area contributed by atoms with E-state index in [4.69, 9.17) is 9.72 Å². The highest BCUT2D eigenvalue weighted by molar-refractivity contribution is 7.13. The van der Waals surface area contributed by atoms with Gasteiger partial charge in [-0.3, -0.25) is 9.67 Å². The Labute approximate surface area is 170 Å². The summed E-state index contributed by atoms with van der Waals surface area (Å²) in [5, 5.41) is 11.1. The van der Waals surface area contributed by atoms with Crippen molar-refractivity contribution in [2.45, 2.75) is 25.4 Å². The van der Waals surface area contributed by atoms with Gasteiger partial charge in [-0.25, -0.2) is 4.98 Å². The van der Waals surface area contributed by atoms with Crippen LogP contribution >= 0.6 is 11.3 Å². The predicted molar refractivity (Wildman–Crippen MR) is 112 cm³/mol. The molecule has 1 N–H and O–H groups in total. The van der Waals surface area contributed by atoms with Crippen molar-refractivity contribution in [3.05, 3.63) is 29.0 Å². The Bertz CT molecular complexity index is 796. The summed E-state index contributed by atoms with van der Waals surface area (Å²) in [6.07, 6.45) is 7.40. The number of aryl methyl sites for hydroxylation is 1. The fraction of sp³-hybridized carbons (Fsp3) is 0.632. The largest absolute Gasteiger partial charge is 0.370 e. The number of ether oxygens (including phenoxy) is 1. The van der Waals surface area contributed by atoms with Crippen molar-refractivity contribution in [3.63, 3.8) is 0 Å². The van der Waals surface area contributed by atoms with Gasteiger partial charge in [0.15, 0.2) is 11.1 Å². The van der Waals surface area contributed by atoms with Gasteiger partial charge < -0.3 is 19.9 Å². The number of hydrogen-bond donors (Lipinski definition) is 1. The number of rotatable bonds is 5. The highest BCUT2D eigenvalue weighted by Crippen LogP contribution is 2.24. The molecule has 2 saturated heterocycles. The lowest BCUT2D eigenvalue weighted by Crippen LogP contribution is -2.48. The van der Waals surface area contributed by atoms with E-state index in [2.05, 4.69) is 30.6 Å². The molecule has 4 heterocycles. The van der Waals surface area contributed by atoms with Crippen molar-refractivity contribution in [2.24, 2.45) is 12.0 Å². The second-order valence-electron chi connectivity index (χ2n) is 7.29. The van der Waals surface area contributed by atoms with E-state index in [1.807, 2.05) is 31.2 Å². The number of guanidine groups is 1. The summed E-state index contributed by atoms with van der Waals surface area (Å²) in [5.74, 6) is 0.923. The highest BCUT2D eigenvalue weighted by atomic mass is 32.1. The summed E-state index contributed by atoms with van der Waals surface area (Å²) in [6, 6.07) is 0. The van der Waals surface area contributed by atoms with Crippen LogP contribution in [0.4, 0.5) is 5.13 Å². The van der Waals surface area contributed by atoms with E-state index in [0.29, 0.717) is 6.61 Å². The summed E-state index contributed by atoms with van der Waals surface area (Å²) in [6.45, 7) is 5.42. The van der Waals surface area contributed by atoms with Crippen LogP contribution in [0.2, 0.25) is 0 Å². The molecule has 4 rings (SSSR count). The van der Waals surface area contributed by atoms with E-state index in [1.165, 1.54) is 18.0 Å². The van der Waals surface area contributed by atoms with Gasteiger partial charge in [0, 0.05) is 63.8 Å². The molecule has 0 aliphatic carbocycles. The predicted octanol–water partition coefficient (Wildman–Crippen LogP) is 1.67. The highest BCUT2D eigenvalue weighted by Gasteiger charge is 2.25. The minimum atomic E-state index is 0.0301. The standard InChI is InChI=1S/C19H29N7OS/c1-20-18(26-9-10-27-17(13-26)15-11-22-24(2)12-15)21-6-5-16-14-28-19(23-16)25-7-3-4-8-25/h11-12,14,17H,3-10,13H2,1-2H3,(H,20,21). The molecule has 1 atom stereocenters. The van der Waals surface area contributed by atoms with Crippen molar-refractivity contribution >= 4 is 22.4 Å². The molecule has 2 aromatic heterocycles. The van der Waals surface area contributed by atoms with E-state index < -0.39 is 0 Å². The summed E-state index contributed by atoms with van der Waals surface area (Å²) >= 11 is 1.76. The van der Waals surface area contributed by atoms with Gasteiger partial charge >= 0.3 is 0 Å². The Morgan fingerprint density at radius 2 is 2.21 bits per heavy atom. The van der Waals surface area contributed by atoms with Gasteiger partial charge in [-0.1, -0.05) is 0 Å². The molecule has 2 aliphatic heterocycles. The maximum absolute atomic E-state index is 5.94. The molecule has 0 amide bonds. The molecule has 1 unspecified atom stereocenters. The van der Waals surface area contributed by atoms with E-state index in [9.17, 15) is 0 Å². The van der Waals surface area contributed by atoms with Crippen molar-refractivity contribution < 1.29 is 4.74 Å². The number of aliphatic imine (C=N–C) groups is 1. The van der Waals surface area contributed by atoms with Gasteiger partial charge in [0.05, 0.1) is 25.0 Å². The van der Waals surface area contributed by atoms with Crippen LogP contribution in [0.25, 0.3) is 0 Å². The quantitative estimate of drug-likeness (QED) is 0.605. The Morgan fingerprint density at radius 3 is 2.96 bits per heavy atom. The number of hydrogen-bond acceptors (Lipinski definition) is 6. The second kappa shape index (κ2) is 8.91. The number of thiazole rings is 1. The third-order valence-electron chi connectivity index (χ3n) is 5.25. The molecule has 28 heavy (non-hydrogen) atoms. The molecule has 0 aromatic carbocycles. The van der Waals surface area contributed by atoms with Crippen LogP contribution in [0.1, 0.15) is 30.2 Å². The minimum Gasteiger partial charge on any atom is -0.370 e. The Kier molecular flexibility index (Phi) is 6.11. The van der Waals surface area contributed by atoms with Crippen LogP contribution in [0, 0.1) is 0 Å². The number of nitrogens with one attached hydrogen (secondary N) is 1. The van der Waals surface area contributed by atoms with Crippen LogP contribution in [0.15, 0.2) is 22.8 Å². The zero-order chi connectivity index (χ0) is 19.3. The molecule has 0 spiro atoms. The first-order chi connectivity index (χ1) is 13.7. The molecule has 0 bridgehead atoms. The molecule has 2 fully saturated rings. The minimum absolute atomic E-state index is 0.0301. The number of aromatic nitrogens is 3. The first-order valence-corrected chi connectivity index (χ1v) is 10.9. The van der Waals surface area contributed by atoms with Crippen molar-refractivity contribution in [2.75, 3.05) is 51.3 Å². The fourth-order valence-corrected chi connectivity index (χ4v) is 4.66. The normalized spacial score (nSPS) is 20.8. The Hall–Kier alpha value is -2.13. The first kappa shape index (κ1) is 19.2. The van der Waals surface area contributed by atoms with Crippen LogP contribution in [0.3, 0.4) is 0 Å². The molecule has 0 saturated carbocycles. The van der Waals surface area contributed by atoms with Gasteiger partial charge in [0.1, 0.15) is 6.10 Å². The molecule has 152 valence electrons. The molecular weight excluding hydrogens is 374 g/mol. The SMILES string of the molecule is CN=C(NCCc1csc(N2CCCC2)n1)N1CCOC(c2cnn(C)c2)C1. The van der Waals surface area contributed by atoms with Gasteiger partial charge in [-0.05, 0) is 12.8 Å². The van der Waals surface area contributed by atoms with Gasteiger partial charge in [-0.2, -0.15) is 5.10 Å². The van der Waals surface area contributed by atoms with Crippen molar-refractivity contribution in [1.82, 2.24) is 25.0 Å². The zero-order valence-corrected chi connectivity index (χ0v) is 17.5. The fourth-order valence-electron chi connectivity index (χ4n) is 3.75. The number of anilines is 1. The molecule has 2 aromatic rings. The van der Waals surface area contributed by atoms with Crippen molar-refractivity contribution in [3.8, 4) is 0 Å². The summed E-state index contributed by atoms with van der Waals surface area (Å²) in [5.41, 5.74) is 2.27. The molecule has 8 nitrogen and oxygen atoms in total. The van der Waals surface area contributed by atoms with Crippen LogP contribution in [-0.2, 0) is 18.2 Å². The Morgan fingerprint density at radius 1 is 1.36 bits per heavy atom. The lowest BCUT2D eigenvalue weighted by Gasteiger charge is -2.34. The average Bonchev–Trinajstić information content (AvgIpc) is 3.46. The van der Waals surface area contributed by atoms with Gasteiger partial charge in [0.2, 0.25) is 0 Å². The maximum Gasteiger partial charge on any atom is 0.193 e. The van der Waals surface area contributed by atoms with Crippen molar-refractivity contribution in [1.29, 1.82) is 0 Å². The first-order valence-electron chi connectivity index (χ1n) is 9.98. The second-order valence-corrected chi connectivity index (χ2v) is 8.13. The number of nitrogens with zero attached hydrogens (tertiary/aromatic N) is 6. The third kappa shape index (κ3) is 4.47. The zero-order valence-electron chi connectivity index (χ0n) is 16.7. The van der Waals surface area contributed by atoms with E-state index in [0.717, 1.165) is 56.4 Å². The molecular formula is C19H29N7OS. The van der Waals surface area contributed by atoms with E-state index in [1.54, 1.807) is 11.3 Å². The maximum atomic E-state index is 5.94. The Balaban J connectivity index is 1.28. The van der Waals surface area contributed by atoms with Crippen LogP contribution < -0.4 is 10.2 Å². The van der Waals surface area contributed by atoms with E-state index in [-0.39, 0.29) is 6.10 Å². The van der Waals surface area contributed by atoms with Gasteiger partial charge in [-0.15, -0.1) is 11.3 Å². The summed E-state index contributed by atoms with van der Waals surface area (Å²) in [7, 11) is 3.77. The van der Waals surface area contributed by atoms with Gasteiger partial charge in [0.25, 0.3) is 0 Å². The lowest BCUT2D eigenvalue weighted by molar-refractivity contribution is -0.00801. The molecule has 2 aliphatic rings. The van der Waals surface area contributed by atoms with Crippen LogP contribution in [-0.4, -0.2) is 72.0 Å².